The van der Waals surface area contributed by atoms with Crippen molar-refractivity contribution in [3.8, 4) is 0 Å². The van der Waals surface area contributed by atoms with Crippen molar-refractivity contribution >= 4 is 39.9 Å². The number of rotatable bonds is 2. The smallest absolute Gasteiger partial charge is 0.0648 e. The van der Waals surface area contributed by atoms with Crippen LogP contribution in [0.3, 0.4) is 0 Å². The normalized spacial score (nSPS) is 14.6. The fourth-order valence-electron chi connectivity index (χ4n) is 2.49. The van der Waals surface area contributed by atoms with Gasteiger partial charge in [-0.3, -0.25) is 0 Å². The molecule has 0 atom stereocenters. The number of benzene rings is 2. The summed E-state index contributed by atoms with van der Waals surface area (Å²) in [7, 11) is 0. The van der Waals surface area contributed by atoms with Crippen LogP contribution in [0.4, 0.5) is 5.69 Å². The van der Waals surface area contributed by atoms with Gasteiger partial charge in [0.1, 0.15) is 0 Å². The summed E-state index contributed by atoms with van der Waals surface area (Å²) in [6.07, 6.45) is 2.16. The lowest BCUT2D eigenvalue weighted by atomic mass is 10.1. The predicted octanol–water partition coefficient (Wildman–Crippen LogP) is 4.52. The number of fused-ring (bicyclic) bond motifs is 1. The van der Waals surface area contributed by atoms with Crippen molar-refractivity contribution in [2.45, 2.75) is 18.9 Å². The van der Waals surface area contributed by atoms with Crippen LogP contribution in [0.25, 0.3) is 0 Å². The monoisotopic (exact) mass is 369 g/mol. The van der Waals surface area contributed by atoms with Crippen molar-refractivity contribution in [1.82, 2.24) is 0 Å². The molecule has 0 aromatic heterocycles. The van der Waals surface area contributed by atoms with E-state index in [9.17, 15) is 0 Å². The predicted molar refractivity (Wildman–Crippen MR) is 85.4 cm³/mol. The molecule has 1 aliphatic carbocycles. The molecule has 2 aromatic carbocycles. The Hall–Kier alpha value is -0.740. The Labute approximate surface area is 126 Å². The molecule has 0 radical (unpaired) electrons. The van der Waals surface area contributed by atoms with Crippen molar-refractivity contribution in [2.75, 3.05) is 5.32 Å². The zero-order valence-electron chi connectivity index (χ0n) is 9.79. The summed E-state index contributed by atoms with van der Waals surface area (Å²) in [6, 6.07) is 15.2. The molecular weight excluding hydrogens is 357 g/mol. The second-order valence-electron chi connectivity index (χ2n) is 4.64. The number of hydrogen-bond acceptors (Lipinski definition) is 1. The highest BCUT2D eigenvalue weighted by molar-refractivity contribution is 14.1. The molecule has 0 fully saturated rings. The lowest BCUT2D eigenvalue weighted by Gasteiger charge is -2.15. The first-order chi connectivity index (χ1) is 8.72. The molecule has 18 heavy (non-hydrogen) atoms. The van der Waals surface area contributed by atoms with Gasteiger partial charge < -0.3 is 5.32 Å². The SMILES string of the molecule is Clc1cc(I)ccc1NC1Cc2ccccc2C1. The van der Waals surface area contributed by atoms with Crippen molar-refractivity contribution in [3.05, 3.63) is 62.2 Å². The van der Waals surface area contributed by atoms with Gasteiger partial charge in [-0.2, -0.15) is 0 Å². The Balaban J connectivity index is 1.76. The molecule has 1 aliphatic rings. The zero-order chi connectivity index (χ0) is 12.5. The average molecular weight is 370 g/mol. The fourth-order valence-corrected chi connectivity index (χ4v) is 3.40. The van der Waals surface area contributed by atoms with E-state index in [4.69, 9.17) is 11.6 Å². The second kappa shape index (κ2) is 5.10. The van der Waals surface area contributed by atoms with Crippen LogP contribution in [0.5, 0.6) is 0 Å². The minimum atomic E-state index is 0.458. The van der Waals surface area contributed by atoms with Crippen molar-refractivity contribution in [3.63, 3.8) is 0 Å². The second-order valence-corrected chi connectivity index (χ2v) is 6.30. The number of nitrogens with one attached hydrogen (secondary N) is 1. The molecular formula is C15H13ClIN. The van der Waals surface area contributed by atoms with E-state index in [0.717, 1.165) is 27.1 Å². The van der Waals surface area contributed by atoms with Crippen LogP contribution >= 0.6 is 34.2 Å². The van der Waals surface area contributed by atoms with Crippen molar-refractivity contribution in [1.29, 1.82) is 0 Å². The summed E-state index contributed by atoms with van der Waals surface area (Å²) >= 11 is 8.53. The molecule has 0 saturated heterocycles. The molecule has 0 amide bonds. The summed E-state index contributed by atoms with van der Waals surface area (Å²) in [4.78, 5) is 0. The van der Waals surface area contributed by atoms with E-state index in [1.165, 1.54) is 11.1 Å². The highest BCUT2D eigenvalue weighted by Gasteiger charge is 2.21. The van der Waals surface area contributed by atoms with E-state index in [0.29, 0.717) is 6.04 Å². The molecule has 0 unspecified atom stereocenters. The first kappa shape index (κ1) is 12.3. The number of hydrogen-bond donors (Lipinski definition) is 1. The summed E-state index contributed by atoms with van der Waals surface area (Å²) in [5, 5.41) is 4.35. The van der Waals surface area contributed by atoms with Gasteiger partial charge in [-0.15, -0.1) is 0 Å². The molecule has 0 bridgehead atoms. The van der Waals surface area contributed by atoms with Gasteiger partial charge in [-0.05, 0) is 64.8 Å². The molecule has 1 nitrogen and oxygen atoms in total. The first-order valence-electron chi connectivity index (χ1n) is 6.01. The van der Waals surface area contributed by atoms with Gasteiger partial charge in [0.2, 0.25) is 0 Å². The van der Waals surface area contributed by atoms with E-state index >= 15 is 0 Å². The molecule has 3 rings (SSSR count). The van der Waals surface area contributed by atoms with Crippen molar-refractivity contribution in [2.24, 2.45) is 0 Å². The first-order valence-corrected chi connectivity index (χ1v) is 7.46. The molecule has 92 valence electrons. The standard InChI is InChI=1S/C15H13ClIN/c16-14-9-12(17)5-6-15(14)18-13-7-10-3-1-2-4-11(10)8-13/h1-6,9,13,18H,7-8H2. The van der Waals surface area contributed by atoms with E-state index in [2.05, 4.69) is 64.3 Å². The van der Waals surface area contributed by atoms with Gasteiger partial charge in [0.15, 0.2) is 0 Å². The Morgan fingerprint density at radius 3 is 2.33 bits per heavy atom. The van der Waals surface area contributed by atoms with Gasteiger partial charge in [0, 0.05) is 9.61 Å². The molecule has 0 saturated carbocycles. The molecule has 3 heteroatoms. The number of halogens is 2. The van der Waals surface area contributed by atoms with Crippen LogP contribution in [-0.2, 0) is 12.8 Å². The van der Waals surface area contributed by atoms with E-state index < -0.39 is 0 Å². The van der Waals surface area contributed by atoms with Gasteiger partial charge in [0.25, 0.3) is 0 Å². The fraction of sp³-hybridized carbons (Fsp3) is 0.200. The van der Waals surface area contributed by atoms with Crippen LogP contribution in [-0.4, -0.2) is 6.04 Å². The van der Waals surface area contributed by atoms with Gasteiger partial charge >= 0.3 is 0 Å². The third kappa shape index (κ3) is 2.50. The van der Waals surface area contributed by atoms with Crippen LogP contribution < -0.4 is 5.32 Å². The topological polar surface area (TPSA) is 12.0 Å². The Kier molecular flexibility index (Phi) is 3.48. The highest BCUT2D eigenvalue weighted by Crippen LogP contribution is 2.28. The lowest BCUT2D eigenvalue weighted by molar-refractivity contribution is 0.774. The summed E-state index contributed by atoms with van der Waals surface area (Å²) in [6.45, 7) is 0. The van der Waals surface area contributed by atoms with E-state index in [1.54, 1.807) is 0 Å². The van der Waals surface area contributed by atoms with Gasteiger partial charge in [0.05, 0.1) is 10.7 Å². The van der Waals surface area contributed by atoms with Crippen LogP contribution in [0.1, 0.15) is 11.1 Å². The molecule has 0 spiro atoms. The quantitative estimate of drug-likeness (QED) is 0.767. The maximum Gasteiger partial charge on any atom is 0.0648 e. The molecule has 0 heterocycles. The molecule has 2 aromatic rings. The van der Waals surface area contributed by atoms with E-state index in [1.807, 2.05) is 6.07 Å². The van der Waals surface area contributed by atoms with Crippen LogP contribution in [0.15, 0.2) is 42.5 Å². The maximum atomic E-state index is 6.25. The summed E-state index contributed by atoms with van der Waals surface area (Å²) in [5.41, 5.74) is 3.95. The zero-order valence-corrected chi connectivity index (χ0v) is 12.7. The third-order valence-electron chi connectivity index (χ3n) is 3.34. The average Bonchev–Trinajstić information content (AvgIpc) is 2.75. The number of anilines is 1. The van der Waals surface area contributed by atoms with E-state index in [-0.39, 0.29) is 0 Å². The summed E-state index contributed by atoms with van der Waals surface area (Å²) in [5.74, 6) is 0. The van der Waals surface area contributed by atoms with Crippen LogP contribution in [0.2, 0.25) is 5.02 Å². The largest absolute Gasteiger partial charge is 0.380 e. The van der Waals surface area contributed by atoms with Gasteiger partial charge in [-0.1, -0.05) is 35.9 Å². The minimum Gasteiger partial charge on any atom is -0.380 e. The lowest BCUT2D eigenvalue weighted by Crippen LogP contribution is -2.19. The third-order valence-corrected chi connectivity index (χ3v) is 4.33. The Bertz CT molecular complexity index is 557. The Morgan fingerprint density at radius 2 is 1.72 bits per heavy atom. The van der Waals surface area contributed by atoms with Crippen LogP contribution in [0, 0.1) is 3.57 Å². The molecule has 0 aliphatic heterocycles. The van der Waals surface area contributed by atoms with Gasteiger partial charge in [-0.25, -0.2) is 0 Å². The maximum absolute atomic E-state index is 6.25. The minimum absolute atomic E-state index is 0.458. The molecule has 1 N–H and O–H groups in total. The highest BCUT2D eigenvalue weighted by atomic mass is 127. The Morgan fingerprint density at radius 1 is 1.06 bits per heavy atom. The summed E-state index contributed by atoms with van der Waals surface area (Å²) < 4.78 is 1.16. The van der Waals surface area contributed by atoms with Crippen molar-refractivity contribution < 1.29 is 0 Å².